The molecule has 0 saturated carbocycles. The van der Waals surface area contributed by atoms with Gasteiger partial charge in [-0.2, -0.15) is 0 Å². The van der Waals surface area contributed by atoms with Crippen molar-refractivity contribution in [3.05, 3.63) is 34.3 Å². The van der Waals surface area contributed by atoms with Crippen molar-refractivity contribution in [2.75, 3.05) is 20.0 Å². The lowest BCUT2D eigenvalue weighted by atomic mass is 10.0. The molecule has 2 atom stereocenters. The molecule has 0 fully saturated rings. The molecule has 0 radical (unpaired) electrons. The fourth-order valence-corrected chi connectivity index (χ4v) is 2.28. The highest BCUT2D eigenvalue weighted by molar-refractivity contribution is 9.10. The van der Waals surface area contributed by atoms with Gasteiger partial charge >= 0.3 is 0 Å². The third-order valence-electron chi connectivity index (χ3n) is 3.33. The van der Waals surface area contributed by atoms with Gasteiger partial charge in [0.25, 0.3) is 5.91 Å². The van der Waals surface area contributed by atoms with E-state index in [1.165, 1.54) is 0 Å². The van der Waals surface area contributed by atoms with E-state index in [1.807, 2.05) is 6.92 Å². The third kappa shape index (κ3) is 7.39. The highest BCUT2D eigenvalue weighted by Crippen LogP contribution is 2.12. The molecule has 3 N–H and O–H groups in total. The van der Waals surface area contributed by atoms with Crippen LogP contribution in [0.15, 0.2) is 28.7 Å². The van der Waals surface area contributed by atoms with Gasteiger partial charge < -0.3 is 14.8 Å². The maximum Gasteiger partial charge on any atom is 0.251 e. The van der Waals surface area contributed by atoms with E-state index in [0.717, 1.165) is 4.47 Å². The molecule has 1 aromatic rings. The SMILES string of the molecule is CCOCOC[C@H](C[C@H](C)C(=O)NO)NC(=O)c1ccc(Br)cc1. The van der Waals surface area contributed by atoms with Crippen molar-refractivity contribution in [3.8, 4) is 0 Å². The molecule has 0 heterocycles. The molecule has 0 spiro atoms. The summed E-state index contributed by atoms with van der Waals surface area (Å²) >= 11 is 3.32. The van der Waals surface area contributed by atoms with E-state index in [4.69, 9.17) is 14.7 Å². The van der Waals surface area contributed by atoms with E-state index in [9.17, 15) is 9.59 Å². The number of nitrogens with one attached hydrogen (secondary N) is 2. The van der Waals surface area contributed by atoms with Crippen molar-refractivity contribution in [1.82, 2.24) is 10.8 Å². The molecule has 0 aliphatic rings. The summed E-state index contributed by atoms with van der Waals surface area (Å²) in [6, 6.07) is 6.55. The Morgan fingerprint density at radius 2 is 1.92 bits per heavy atom. The van der Waals surface area contributed by atoms with Crippen molar-refractivity contribution in [3.63, 3.8) is 0 Å². The predicted molar refractivity (Wildman–Crippen MR) is 91.6 cm³/mol. The minimum absolute atomic E-state index is 0.113. The minimum Gasteiger partial charge on any atom is -0.356 e. The van der Waals surface area contributed by atoms with Gasteiger partial charge in [-0.3, -0.25) is 14.8 Å². The molecule has 0 bridgehead atoms. The zero-order chi connectivity index (χ0) is 17.9. The Bertz CT molecular complexity index is 524. The predicted octanol–water partition coefficient (Wildman–Crippen LogP) is 2.09. The van der Waals surface area contributed by atoms with Crippen LogP contribution < -0.4 is 10.8 Å². The molecule has 0 aromatic heterocycles. The molecule has 0 aliphatic heterocycles. The molecular formula is C16H23BrN2O5. The first kappa shape index (κ1) is 20.6. The van der Waals surface area contributed by atoms with Crippen LogP contribution in [0.1, 0.15) is 30.6 Å². The molecular weight excluding hydrogens is 380 g/mol. The van der Waals surface area contributed by atoms with Gasteiger partial charge in [-0.25, -0.2) is 5.48 Å². The second kappa shape index (κ2) is 11.1. The van der Waals surface area contributed by atoms with Crippen molar-refractivity contribution in [2.45, 2.75) is 26.3 Å². The van der Waals surface area contributed by atoms with E-state index < -0.39 is 17.9 Å². The smallest absolute Gasteiger partial charge is 0.251 e. The summed E-state index contributed by atoms with van der Waals surface area (Å²) in [6.07, 6.45) is 0.320. The van der Waals surface area contributed by atoms with Crippen LogP contribution in [0.4, 0.5) is 0 Å². The van der Waals surface area contributed by atoms with Crippen molar-refractivity contribution < 1.29 is 24.3 Å². The number of hydrogen-bond acceptors (Lipinski definition) is 5. The van der Waals surface area contributed by atoms with Crippen LogP contribution in [0.25, 0.3) is 0 Å². The molecule has 0 saturated heterocycles. The number of ether oxygens (including phenoxy) is 2. The first-order chi connectivity index (χ1) is 11.5. The highest BCUT2D eigenvalue weighted by Gasteiger charge is 2.21. The second-order valence-corrected chi connectivity index (χ2v) is 6.19. The molecule has 7 nitrogen and oxygen atoms in total. The van der Waals surface area contributed by atoms with Gasteiger partial charge in [0.15, 0.2) is 0 Å². The molecule has 24 heavy (non-hydrogen) atoms. The molecule has 0 unspecified atom stereocenters. The number of benzene rings is 1. The topological polar surface area (TPSA) is 96.9 Å². The summed E-state index contributed by atoms with van der Waals surface area (Å²) < 4.78 is 11.3. The average Bonchev–Trinajstić information content (AvgIpc) is 2.58. The van der Waals surface area contributed by atoms with E-state index >= 15 is 0 Å². The standard InChI is InChI=1S/C16H23BrN2O5/c1-3-23-10-24-9-14(8-11(2)15(20)19-22)18-16(21)12-4-6-13(17)7-5-12/h4-7,11,14,22H,3,8-10H2,1-2H3,(H,18,21)(H,19,20)/t11-,14-/m0/s1. The molecule has 1 rings (SSSR count). The second-order valence-electron chi connectivity index (χ2n) is 5.27. The van der Waals surface area contributed by atoms with Crippen LogP contribution in [-0.2, 0) is 14.3 Å². The van der Waals surface area contributed by atoms with Gasteiger partial charge in [0.1, 0.15) is 6.79 Å². The number of rotatable bonds is 10. The Morgan fingerprint density at radius 1 is 1.25 bits per heavy atom. The van der Waals surface area contributed by atoms with E-state index in [1.54, 1.807) is 36.7 Å². The van der Waals surface area contributed by atoms with Crippen LogP contribution in [0.5, 0.6) is 0 Å². The van der Waals surface area contributed by atoms with Crippen molar-refractivity contribution in [2.24, 2.45) is 5.92 Å². The lowest BCUT2D eigenvalue weighted by Crippen LogP contribution is -2.41. The van der Waals surface area contributed by atoms with Crippen LogP contribution in [-0.4, -0.2) is 43.1 Å². The van der Waals surface area contributed by atoms with Crippen molar-refractivity contribution in [1.29, 1.82) is 0 Å². The van der Waals surface area contributed by atoms with Gasteiger partial charge in [0.05, 0.1) is 12.6 Å². The van der Waals surface area contributed by atoms with E-state index in [2.05, 4.69) is 21.2 Å². The van der Waals surface area contributed by atoms with Gasteiger partial charge in [-0.1, -0.05) is 22.9 Å². The number of carbonyl (C=O) groups excluding carboxylic acids is 2. The molecule has 2 amide bonds. The largest absolute Gasteiger partial charge is 0.356 e. The number of hydrogen-bond donors (Lipinski definition) is 3. The Kier molecular flexibility index (Phi) is 9.55. The van der Waals surface area contributed by atoms with Crippen LogP contribution in [0.3, 0.4) is 0 Å². The zero-order valence-electron chi connectivity index (χ0n) is 13.8. The zero-order valence-corrected chi connectivity index (χ0v) is 15.3. The molecule has 8 heteroatoms. The summed E-state index contributed by atoms with van der Waals surface area (Å²) in [4.78, 5) is 23.8. The summed E-state index contributed by atoms with van der Waals surface area (Å²) in [5, 5.41) is 11.6. The fourth-order valence-electron chi connectivity index (χ4n) is 2.02. The highest BCUT2D eigenvalue weighted by atomic mass is 79.9. The van der Waals surface area contributed by atoms with Gasteiger partial charge in [0.2, 0.25) is 5.91 Å². The fraction of sp³-hybridized carbons (Fsp3) is 0.500. The number of amides is 2. The number of halogens is 1. The van der Waals surface area contributed by atoms with E-state index in [-0.39, 0.29) is 19.3 Å². The Morgan fingerprint density at radius 3 is 2.50 bits per heavy atom. The number of carbonyl (C=O) groups is 2. The Hall–Kier alpha value is -1.48. The van der Waals surface area contributed by atoms with Crippen LogP contribution in [0, 0.1) is 5.92 Å². The van der Waals surface area contributed by atoms with Gasteiger partial charge in [0, 0.05) is 22.6 Å². The minimum atomic E-state index is -0.511. The normalized spacial score (nSPS) is 13.2. The third-order valence-corrected chi connectivity index (χ3v) is 3.86. The Labute approximate surface area is 149 Å². The maximum atomic E-state index is 12.3. The lowest BCUT2D eigenvalue weighted by molar-refractivity contribution is -0.133. The molecule has 0 aliphatic carbocycles. The summed E-state index contributed by atoms with van der Waals surface area (Å²) in [5.41, 5.74) is 2.12. The summed E-state index contributed by atoms with van der Waals surface area (Å²) in [6.45, 7) is 4.35. The summed E-state index contributed by atoms with van der Waals surface area (Å²) in [5.74, 6) is -1.26. The monoisotopic (exact) mass is 402 g/mol. The molecule has 1 aromatic carbocycles. The number of hydroxylamine groups is 1. The Balaban J connectivity index is 2.66. The van der Waals surface area contributed by atoms with Crippen molar-refractivity contribution >= 4 is 27.7 Å². The lowest BCUT2D eigenvalue weighted by Gasteiger charge is -2.21. The van der Waals surface area contributed by atoms with Crippen LogP contribution >= 0.6 is 15.9 Å². The van der Waals surface area contributed by atoms with Gasteiger partial charge in [-0.15, -0.1) is 0 Å². The average molecular weight is 403 g/mol. The quantitative estimate of drug-likeness (QED) is 0.241. The summed E-state index contributed by atoms with van der Waals surface area (Å²) in [7, 11) is 0. The van der Waals surface area contributed by atoms with E-state index in [0.29, 0.717) is 18.6 Å². The van der Waals surface area contributed by atoms with Crippen LogP contribution in [0.2, 0.25) is 0 Å². The molecule has 134 valence electrons. The van der Waals surface area contributed by atoms with Gasteiger partial charge in [-0.05, 0) is 37.6 Å². The maximum absolute atomic E-state index is 12.3. The first-order valence-corrected chi connectivity index (χ1v) is 8.43. The first-order valence-electron chi connectivity index (χ1n) is 7.63.